The second-order valence-electron chi connectivity index (χ2n) is 5.90. The first-order valence-electron chi connectivity index (χ1n) is 8.28. The Morgan fingerprint density at radius 1 is 1.15 bits per heavy atom. The Balaban J connectivity index is 1.52. The molecule has 0 bridgehead atoms. The van der Waals surface area contributed by atoms with Crippen LogP contribution in [0.1, 0.15) is 11.1 Å². The molecule has 2 heterocycles. The van der Waals surface area contributed by atoms with E-state index in [2.05, 4.69) is 20.5 Å². The van der Waals surface area contributed by atoms with Crippen LogP contribution in [0.25, 0.3) is 10.9 Å². The number of thioether (sulfide) groups is 1. The predicted octanol–water partition coefficient (Wildman–Crippen LogP) is 3.71. The standard InChI is InChI=1S/C19H16FN5OS/c1-26-17-6-4-13(5-7-17)11-25-19(22-23-24-25)27-12-15-10-16(20)9-14-3-2-8-21-18(14)15/h2-10H,11-12H2,1H3. The number of pyridine rings is 1. The zero-order valence-electron chi connectivity index (χ0n) is 14.5. The first kappa shape index (κ1) is 17.4. The molecule has 0 atom stereocenters. The topological polar surface area (TPSA) is 65.7 Å². The molecule has 6 nitrogen and oxygen atoms in total. The molecule has 4 rings (SSSR count). The number of rotatable bonds is 6. The van der Waals surface area contributed by atoms with Crippen molar-refractivity contribution in [3.8, 4) is 5.75 Å². The molecule has 0 spiro atoms. The van der Waals surface area contributed by atoms with E-state index in [4.69, 9.17) is 4.74 Å². The second-order valence-corrected chi connectivity index (χ2v) is 6.84. The Labute approximate surface area is 159 Å². The van der Waals surface area contributed by atoms with Gasteiger partial charge >= 0.3 is 0 Å². The number of tetrazole rings is 1. The number of hydrogen-bond donors (Lipinski definition) is 0. The molecule has 0 saturated heterocycles. The Kier molecular flexibility index (Phi) is 4.97. The molecule has 0 fully saturated rings. The summed E-state index contributed by atoms with van der Waals surface area (Å²) < 4.78 is 20.8. The average Bonchev–Trinajstić information content (AvgIpc) is 3.13. The molecule has 0 unspecified atom stereocenters. The van der Waals surface area contributed by atoms with Crippen LogP contribution in [0.15, 0.2) is 59.9 Å². The molecule has 0 aliphatic heterocycles. The summed E-state index contributed by atoms with van der Waals surface area (Å²) in [6.07, 6.45) is 1.71. The highest BCUT2D eigenvalue weighted by molar-refractivity contribution is 7.98. The fourth-order valence-electron chi connectivity index (χ4n) is 2.78. The van der Waals surface area contributed by atoms with Gasteiger partial charge in [-0.25, -0.2) is 9.07 Å². The van der Waals surface area contributed by atoms with Crippen molar-refractivity contribution in [3.63, 3.8) is 0 Å². The molecule has 0 radical (unpaired) electrons. The average molecular weight is 381 g/mol. The highest BCUT2D eigenvalue weighted by Crippen LogP contribution is 2.26. The third kappa shape index (κ3) is 3.90. The highest BCUT2D eigenvalue weighted by atomic mass is 32.2. The Morgan fingerprint density at radius 2 is 2.00 bits per heavy atom. The van der Waals surface area contributed by atoms with E-state index in [9.17, 15) is 4.39 Å². The zero-order chi connectivity index (χ0) is 18.6. The van der Waals surface area contributed by atoms with Crippen LogP contribution in [0.3, 0.4) is 0 Å². The van der Waals surface area contributed by atoms with Crippen LogP contribution in [-0.2, 0) is 12.3 Å². The van der Waals surface area contributed by atoms with Crippen molar-refractivity contribution >= 4 is 22.7 Å². The van der Waals surface area contributed by atoms with Gasteiger partial charge in [0.1, 0.15) is 11.6 Å². The van der Waals surface area contributed by atoms with Crippen molar-refractivity contribution in [1.29, 1.82) is 0 Å². The normalized spacial score (nSPS) is 11.0. The van der Waals surface area contributed by atoms with Crippen LogP contribution in [-0.4, -0.2) is 32.3 Å². The van der Waals surface area contributed by atoms with E-state index in [1.54, 1.807) is 24.1 Å². The zero-order valence-corrected chi connectivity index (χ0v) is 15.4. The van der Waals surface area contributed by atoms with Gasteiger partial charge in [0, 0.05) is 17.3 Å². The van der Waals surface area contributed by atoms with Crippen LogP contribution in [0.4, 0.5) is 4.39 Å². The minimum absolute atomic E-state index is 0.274. The van der Waals surface area contributed by atoms with Crippen molar-refractivity contribution in [2.75, 3.05) is 7.11 Å². The van der Waals surface area contributed by atoms with Crippen LogP contribution >= 0.6 is 11.8 Å². The Hall–Kier alpha value is -3.00. The Bertz CT molecular complexity index is 1070. The lowest BCUT2D eigenvalue weighted by molar-refractivity contribution is 0.414. The molecule has 0 aliphatic carbocycles. The van der Waals surface area contributed by atoms with Crippen LogP contribution < -0.4 is 4.74 Å². The first-order chi connectivity index (χ1) is 13.2. The SMILES string of the molecule is COc1ccc(Cn2nnnc2SCc2cc(F)cc3cccnc23)cc1. The number of nitrogens with zero attached hydrogens (tertiary/aromatic N) is 5. The summed E-state index contributed by atoms with van der Waals surface area (Å²) in [4.78, 5) is 4.38. The lowest BCUT2D eigenvalue weighted by Crippen LogP contribution is -2.04. The first-order valence-corrected chi connectivity index (χ1v) is 9.26. The summed E-state index contributed by atoms with van der Waals surface area (Å²) >= 11 is 1.45. The van der Waals surface area contributed by atoms with Gasteiger partial charge in [-0.05, 0) is 51.9 Å². The van der Waals surface area contributed by atoms with E-state index >= 15 is 0 Å². The van der Waals surface area contributed by atoms with Gasteiger partial charge in [0.05, 0.1) is 19.2 Å². The number of aromatic nitrogens is 5. The van der Waals surface area contributed by atoms with Gasteiger partial charge in [-0.2, -0.15) is 0 Å². The smallest absolute Gasteiger partial charge is 0.209 e. The molecule has 8 heteroatoms. The van der Waals surface area contributed by atoms with Crippen LogP contribution in [0.2, 0.25) is 0 Å². The molecule has 0 N–H and O–H groups in total. The molecule has 27 heavy (non-hydrogen) atoms. The maximum atomic E-state index is 13.9. The fraction of sp³-hybridized carbons (Fsp3) is 0.158. The maximum Gasteiger partial charge on any atom is 0.209 e. The lowest BCUT2D eigenvalue weighted by Gasteiger charge is -2.07. The molecule has 2 aromatic heterocycles. The van der Waals surface area contributed by atoms with Crippen molar-refractivity contribution in [2.45, 2.75) is 17.5 Å². The molecular formula is C19H16FN5OS. The van der Waals surface area contributed by atoms with Crippen molar-refractivity contribution in [1.82, 2.24) is 25.2 Å². The van der Waals surface area contributed by atoms with Gasteiger partial charge in [0.2, 0.25) is 5.16 Å². The van der Waals surface area contributed by atoms with Gasteiger partial charge in [-0.1, -0.05) is 30.0 Å². The van der Waals surface area contributed by atoms with Crippen molar-refractivity contribution in [3.05, 3.63) is 71.7 Å². The number of hydrogen-bond acceptors (Lipinski definition) is 6. The third-order valence-electron chi connectivity index (χ3n) is 4.10. The summed E-state index contributed by atoms with van der Waals surface area (Å²) in [5.74, 6) is 1.05. The van der Waals surface area contributed by atoms with Crippen molar-refractivity contribution < 1.29 is 9.13 Å². The largest absolute Gasteiger partial charge is 0.497 e. The van der Waals surface area contributed by atoms with Gasteiger partial charge < -0.3 is 4.74 Å². The van der Waals surface area contributed by atoms with E-state index in [1.807, 2.05) is 30.3 Å². The monoisotopic (exact) mass is 381 g/mol. The van der Waals surface area contributed by atoms with Crippen molar-refractivity contribution in [2.24, 2.45) is 0 Å². The van der Waals surface area contributed by atoms with Gasteiger partial charge in [0.15, 0.2) is 0 Å². The number of ether oxygens (including phenoxy) is 1. The van der Waals surface area contributed by atoms with Crippen LogP contribution in [0.5, 0.6) is 5.75 Å². The van der Waals surface area contributed by atoms with E-state index in [-0.39, 0.29) is 5.82 Å². The lowest BCUT2D eigenvalue weighted by atomic mass is 10.1. The minimum Gasteiger partial charge on any atom is -0.497 e. The van der Waals surface area contributed by atoms with Crippen LogP contribution in [0, 0.1) is 5.82 Å². The van der Waals surface area contributed by atoms with E-state index in [0.717, 1.165) is 27.8 Å². The molecule has 0 saturated carbocycles. The van der Waals surface area contributed by atoms with Gasteiger partial charge in [-0.15, -0.1) is 5.10 Å². The summed E-state index contributed by atoms with van der Waals surface area (Å²) in [5.41, 5.74) is 2.66. The molecule has 4 aromatic rings. The molecular weight excluding hydrogens is 365 g/mol. The highest BCUT2D eigenvalue weighted by Gasteiger charge is 2.11. The number of methoxy groups -OCH3 is 1. The quantitative estimate of drug-likeness (QED) is 0.475. The maximum absolute atomic E-state index is 13.9. The number of halogens is 1. The predicted molar refractivity (Wildman–Crippen MR) is 101 cm³/mol. The number of fused-ring (bicyclic) bond motifs is 1. The second kappa shape index (κ2) is 7.71. The van der Waals surface area contributed by atoms with Gasteiger partial charge in [-0.3, -0.25) is 4.98 Å². The van der Waals surface area contributed by atoms with E-state index in [0.29, 0.717) is 17.5 Å². The Morgan fingerprint density at radius 3 is 2.81 bits per heavy atom. The summed E-state index contributed by atoms with van der Waals surface area (Å²) in [6.45, 7) is 0.543. The molecule has 0 amide bonds. The molecule has 0 aliphatic rings. The fourth-order valence-corrected chi connectivity index (χ4v) is 3.63. The number of benzene rings is 2. The molecule has 136 valence electrons. The minimum atomic E-state index is -0.274. The van der Waals surface area contributed by atoms with Gasteiger partial charge in [0.25, 0.3) is 0 Å². The summed E-state index contributed by atoms with van der Waals surface area (Å²) in [5, 5.41) is 13.4. The summed E-state index contributed by atoms with van der Waals surface area (Å²) in [7, 11) is 1.63. The van der Waals surface area contributed by atoms with E-state index < -0.39 is 0 Å². The molecule has 2 aromatic carbocycles. The summed E-state index contributed by atoms with van der Waals surface area (Å²) in [6, 6.07) is 14.4. The third-order valence-corrected chi connectivity index (χ3v) is 5.10. The van der Waals surface area contributed by atoms with E-state index in [1.165, 1.54) is 23.9 Å².